The second-order valence-corrected chi connectivity index (χ2v) is 6.83. The van der Waals surface area contributed by atoms with Gasteiger partial charge in [0, 0.05) is 38.8 Å². The Morgan fingerprint density at radius 2 is 1.93 bits per heavy atom. The van der Waals surface area contributed by atoms with Crippen LogP contribution in [-0.4, -0.2) is 67.1 Å². The van der Waals surface area contributed by atoms with E-state index in [1.165, 1.54) is 16.1 Å². The fraction of sp³-hybridized carbons (Fsp3) is 0.421. The number of ether oxygens (including phenoxy) is 1. The van der Waals surface area contributed by atoms with E-state index >= 15 is 0 Å². The Morgan fingerprint density at radius 3 is 2.62 bits per heavy atom. The molecule has 0 radical (unpaired) electrons. The molecular formula is C19H23FN6O3. The lowest BCUT2D eigenvalue weighted by Crippen LogP contribution is -2.52. The summed E-state index contributed by atoms with van der Waals surface area (Å²) in [5.74, 6) is 0.735. The van der Waals surface area contributed by atoms with Crippen LogP contribution in [0, 0.1) is 10.1 Å². The number of morpholine rings is 1. The Morgan fingerprint density at radius 1 is 1.17 bits per heavy atom. The molecule has 1 aromatic heterocycles. The van der Waals surface area contributed by atoms with E-state index in [2.05, 4.69) is 15.2 Å². The first kappa shape index (κ1) is 19.5. The lowest BCUT2D eigenvalue weighted by Gasteiger charge is -2.40. The summed E-state index contributed by atoms with van der Waals surface area (Å²) in [6.07, 6.45) is -1.44. The van der Waals surface area contributed by atoms with Gasteiger partial charge in [-0.15, -0.1) is 0 Å². The third-order valence-corrected chi connectivity index (χ3v) is 4.98. The second-order valence-electron chi connectivity index (χ2n) is 6.83. The van der Waals surface area contributed by atoms with Crippen molar-refractivity contribution in [2.75, 3.05) is 55.8 Å². The minimum Gasteiger partial charge on any atom is -0.376 e. The number of hydrogen-bond acceptors (Lipinski definition) is 8. The monoisotopic (exact) mass is 402 g/mol. The maximum atomic E-state index is 14.8. The summed E-state index contributed by atoms with van der Waals surface area (Å²) in [7, 11) is 0. The molecule has 1 N–H and O–H groups in total. The Bertz CT molecular complexity index is 849. The van der Waals surface area contributed by atoms with E-state index in [0.29, 0.717) is 18.1 Å². The summed E-state index contributed by atoms with van der Waals surface area (Å²) in [5, 5.41) is 18.0. The van der Waals surface area contributed by atoms with Gasteiger partial charge < -0.3 is 15.0 Å². The molecule has 2 saturated heterocycles. The third-order valence-electron chi connectivity index (χ3n) is 4.98. The highest BCUT2D eigenvalue weighted by Gasteiger charge is 2.34. The highest BCUT2D eigenvalue weighted by molar-refractivity contribution is 5.69. The molecule has 10 heteroatoms. The van der Waals surface area contributed by atoms with Gasteiger partial charge in [0.1, 0.15) is 5.82 Å². The first-order valence-electron chi connectivity index (χ1n) is 9.60. The molecule has 1 atom stereocenters. The Balaban J connectivity index is 1.82. The summed E-state index contributed by atoms with van der Waals surface area (Å²) in [5.41, 5.74) is 0.427. The molecule has 0 amide bonds. The van der Waals surface area contributed by atoms with Gasteiger partial charge in [0.25, 0.3) is 0 Å². The van der Waals surface area contributed by atoms with Crippen LogP contribution in [0.2, 0.25) is 0 Å². The Labute approximate surface area is 167 Å². The van der Waals surface area contributed by atoms with Gasteiger partial charge in [0.2, 0.25) is 5.82 Å². The number of rotatable bonds is 5. The largest absolute Gasteiger partial charge is 0.376 e. The standard InChI is InChI=1S/C19H23FN6O3/c20-17-14-29-13-12-24(17)25(15-4-2-1-3-5-15)19-16(26(27)28)6-7-18(22-19)23-10-8-21-9-11-23/h1-7,17,21H,8-14H2. The van der Waals surface area contributed by atoms with Gasteiger partial charge >= 0.3 is 5.69 Å². The predicted octanol–water partition coefficient (Wildman–Crippen LogP) is 2.08. The number of para-hydroxylation sites is 1. The van der Waals surface area contributed by atoms with E-state index in [0.717, 1.165) is 26.2 Å². The molecule has 4 rings (SSSR count). The molecule has 29 heavy (non-hydrogen) atoms. The maximum Gasteiger partial charge on any atom is 0.313 e. The molecule has 0 spiro atoms. The summed E-state index contributed by atoms with van der Waals surface area (Å²) in [6.45, 7) is 3.60. The Hall–Kier alpha value is -2.82. The number of nitrogens with one attached hydrogen (secondary N) is 1. The number of hydrazine groups is 1. The van der Waals surface area contributed by atoms with Crippen molar-refractivity contribution in [3.05, 3.63) is 52.6 Å². The first-order chi connectivity index (χ1) is 14.1. The van der Waals surface area contributed by atoms with E-state index in [9.17, 15) is 14.5 Å². The molecule has 3 heterocycles. The first-order valence-corrected chi connectivity index (χ1v) is 9.60. The van der Waals surface area contributed by atoms with Crippen LogP contribution in [0.15, 0.2) is 42.5 Å². The zero-order valence-electron chi connectivity index (χ0n) is 15.9. The molecule has 9 nitrogen and oxygen atoms in total. The van der Waals surface area contributed by atoms with Gasteiger partial charge in [-0.1, -0.05) is 18.2 Å². The SMILES string of the molecule is O=[N+]([O-])c1ccc(N2CCNCC2)nc1N(c1ccccc1)N1CCOCC1F. The second kappa shape index (κ2) is 8.68. The number of nitro groups is 1. The molecule has 2 aliphatic heterocycles. The highest BCUT2D eigenvalue weighted by atomic mass is 19.1. The quantitative estimate of drug-likeness (QED) is 0.462. The molecular weight excluding hydrogens is 379 g/mol. The maximum absolute atomic E-state index is 14.8. The smallest absolute Gasteiger partial charge is 0.313 e. The van der Waals surface area contributed by atoms with Gasteiger partial charge in [0.15, 0.2) is 6.30 Å². The van der Waals surface area contributed by atoms with Crippen LogP contribution in [0.5, 0.6) is 0 Å². The zero-order valence-corrected chi connectivity index (χ0v) is 15.9. The van der Waals surface area contributed by atoms with Gasteiger partial charge in [-0.05, 0) is 18.2 Å². The van der Waals surface area contributed by atoms with Crippen molar-refractivity contribution >= 4 is 23.0 Å². The molecule has 154 valence electrons. The lowest BCUT2D eigenvalue weighted by molar-refractivity contribution is -0.384. The van der Waals surface area contributed by atoms with Crippen LogP contribution in [0.3, 0.4) is 0 Å². The van der Waals surface area contributed by atoms with E-state index in [1.807, 2.05) is 18.2 Å². The number of anilines is 3. The molecule has 2 fully saturated rings. The number of benzene rings is 1. The van der Waals surface area contributed by atoms with E-state index in [1.54, 1.807) is 18.2 Å². The van der Waals surface area contributed by atoms with Crippen molar-refractivity contribution in [3.8, 4) is 0 Å². The normalized spacial score (nSPS) is 20.4. The van der Waals surface area contributed by atoms with Gasteiger partial charge in [0.05, 0.1) is 23.8 Å². The van der Waals surface area contributed by atoms with Crippen LogP contribution in [-0.2, 0) is 4.74 Å². The van der Waals surface area contributed by atoms with Crippen LogP contribution in [0.1, 0.15) is 0 Å². The van der Waals surface area contributed by atoms with Gasteiger partial charge in [-0.25, -0.2) is 14.4 Å². The average molecular weight is 402 g/mol. The summed E-state index contributed by atoms with van der Waals surface area (Å²) in [4.78, 5) is 18.0. The highest BCUT2D eigenvalue weighted by Crippen LogP contribution is 2.36. The van der Waals surface area contributed by atoms with Crippen molar-refractivity contribution in [1.29, 1.82) is 0 Å². The molecule has 2 aliphatic rings. The number of aromatic nitrogens is 1. The predicted molar refractivity (Wildman–Crippen MR) is 107 cm³/mol. The Kier molecular flexibility index (Phi) is 5.84. The zero-order chi connectivity index (χ0) is 20.2. The molecule has 2 aromatic rings. The van der Waals surface area contributed by atoms with Crippen LogP contribution in [0.25, 0.3) is 0 Å². The average Bonchev–Trinajstić information content (AvgIpc) is 2.76. The van der Waals surface area contributed by atoms with Crippen LogP contribution in [0.4, 0.5) is 27.4 Å². The molecule has 1 unspecified atom stereocenters. The van der Waals surface area contributed by atoms with Gasteiger partial charge in [-0.2, -0.15) is 5.01 Å². The topological polar surface area (TPSA) is 87.0 Å². The number of pyridine rings is 1. The molecule has 0 saturated carbocycles. The van der Waals surface area contributed by atoms with Crippen LogP contribution < -0.4 is 15.2 Å². The van der Waals surface area contributed by atoms with Crippen LogP contribution >= 0.6 is 0 Å². The van der Waals surface area contributed by atoms with Crippen molar-refractivity contribution in [2.24, 2.45) is 0 Å². The van der Waals surface area contributed by atoms with Gasteiger partial charge in [-0.3, -0.25) is 10.1 Å². The van der Waals surface area contributed by atoms with Crippen molar-refractivity contribution in [2.45, 2.75) is 6.30 Å². The number of alkyl halides is 1. The number of piperazine rings is 1. The van der Waals surface area contributed by atoms with Crippen molar-refractivity contribution in [1.82, 2.24) is 15.3 Å². The molecule has 0 aliphatic carbocycles. The van der Waals surface area contributed by atoms with E-state index in [-0.39, 0.29) is 24.7 Å². The summed E-state index contributed by atoms with van der Waals surface area (Å²) >= 11 is 0. The number of nitrogens with zero attached hydrogens (tertiary/aromatic N) is 5. The van der Waals surface area contributed by atoms with Crippen molar-refractivity contribution < 1.29 is 14.1 Å². The fourth-order valence-electron chi connectivity index (χ4n) is 3.55. The summed E-state index contributed by atoms with van der Waals surface area (Å²) < 4.78 is 20.0. The summed E-state index contributed by atoms with van der Waals surface area (Å²) in [6, 6.07) is 12.1. The minimum absolute atomic E-state index is 0.0989. The molecule has 1 aromatic carbocycles. The van der Waals surface area contributed by atoms with E-state index in [4.69, 9.17) is 4.74 Å². The third kappa shape index (κ3) is 4.14. The van der Waals surface area contributed by atoms with Crippen molar-refractivity contribution in [3.63, 3.8) is 0 Å². The lowest BCUT2D eigenvalue weighted by atomic mass is 10.2. The molecule has 0 bridgehead atoms. The fourth-order valence-corrected chi connectivity index (χ4v) is 3.55. The van der Waals surface area contributed by atoms with E-state index < -0.39 is 11.2 Å². The number of hydrogen-bond donors (Lipinski definition) is 1. The minimum atomic E-state index is -1.44. The number of halogens is 1.